The lowest BCUT2D eigenvalue weighted by Gasteiger charge is -2.05. The molecule has 11 heavy (non-hydrogen) atoms. The molecule has 0 spiro atoms. The van der Waals surface area contributed by atoms with Crippen molar-refractivity contribution < 1.29 is 14.7 Å². The number of hydrogen-bond acceptors (Lipinski definition) is 2. The Morgan fingerprint density at radius 3 is 2.91 bits per heavy atom. The maximum Gasteiger partial charge on any atom is 0.316 e. The Balaban J connectivity index is 2.59. The van der Waals surface area contributed by atoms with Gasteiger partial charge in [-0.3, -0.25) is 9.59 Å². The molecule has 0 saturated carbocycles. The van der Waals surface area contributed by atoms with E-state index in [1.54, 1.807) is 0 Å². The lowest BCUT2D eigenvalue weighted by molar-refractivity contribution is -0.146. The molecule has 1 aliphatic heterocycles. The monoisotopic (exact) mass is 157 g/mol. The molecule has 1 fully saturated rings. The number of carboxylic acid groups (broad SMARTS) is 1. The highest BCUT2D eigenvalue weighted by atomic mass is 16.4. The van der Waals surface area contributed by atoms with Crippen LogP contribution in [0.5, 0.6) is 0 Å². The highest BCUT2D eigenvalue weighted by Crippen LogP contribution is 2.11. The van der Waals surface area contributed by atoms with Crippen molar-refractivity contribution in [2.24, 2.45) is 5.92 Å². The van der Waals surface area contributed by atoms with Gasteiger partial charge in [-0.15, -0.1) is 0 Å². The number of carbonyl (C=O) groups is 2. The number of nitrogens with one attached hydrogen (secondary N) is 1. The van der Waals surface area contributed by atoms with E-state index in [0.29, 0.717) is 13.0 Å². The van der Waals surface area contributed by atoms with Gasteiger partial charge in [0.2, 0.25) is 5.91 Å². The van der Waals surface area contributed by atoms with E-state index >= 15 is 0 Å². The van der Waals surface area contributed by atoms with E-state index in [1.165, 1.54) is 0 Å². The maximum atomic E-state index is 11.0. The van der Waals surface area contributed by atoms with Gasteiger partial charge < -0.3 is 10.4 Å². The summed E-state index contributed by atoms with van der Waals surface area (Å²) in [6, 6.07) is 0. The molecule has 1 atom stereocenters. The average Bonchev–Trinajstić information content (AvgIpc) is 2.13. The molecule has 1 aliphatic rings. The first-order valence-electron chi connectivity index (χ1n) is 3.72. The van der Waals surface area contributed by atoms with Crippen molar-refractivity contribution in [2.75, 3.05) is 6.54 Å². The molecule has 0 aliphatic carbocycles. The second-order valence-electron chi connectivity index (χ2n) is 2.68. The third kappa shape index (κ3) is 1.93. The summed E-state index contributed by atoms with van der Waals surface area (Å²) in [5, 5.41) is 11.1. The Labute approximate surface area is 64.6 Å². The SMILES string of the molecule is O=C(O)[C@H]1CCCCNC1=O. The Bertz CT molecular complexity index is 179. The summed E-state index contributed by atoms with van der Waals surface area (Å²) in [6.45, 7) is 0.614. The van der Waals surface area contributed by atoms with E-state index < -0.39 is 11.9 Å². The van der Waals surface area contributed by atoms with Gasteiger partial charge in [0, 0.05) is 6.54 Å². The minimum absolute atomic E-state index is 0.338. The molecule has 4 heteroatoms. The highest BCUT2D eigenvalue weighted by Gasteiger charge is 2.26. The van der Waals surface area contributed by atoms with Crippen molar-refractivity contribution in [3.05, 3.63) is 0 Å². The number of hydrogen-bond donors (Lipinski definition) is 2. The highest BCUT2D eigenvalue weighted by molar-refractivity contribution is 5.96. The lowest BCUT2D eigenvalue weighted by Crippen LogP contribution is -2.33. The van der Waals surface area contributed by atoms with Crippen molar-refractivity contribution in [1.82, 2.24) is 5.32 Å². The second-order valence-corrected chi connectivity index (χ2v) is 2.68. The number of carbonyl (C=O) groups excluding carboxylic acids is 1. The van der Waals surface area contributed by atoms with Crippen LogP contribution in [0.25, 0.3) is 0 Å². The molecule has 1 amide bonds. The van der Waals surface area contributed by atoms with E-state index in [4.69, 9.17) is 5.11 Å². The molecular weight excluding hydrogens is 146 g/mol. The topological polar surface area (TPSA) is 66.4 Å². The zero-order valence-corrected chi connectivity index (χ0v) is 6.17. The first-order valence-corrected chi connectivity index (χ1v) is 3.72. The molecule has 2 N–H and O–H groups in total. The zero-order valence-electron chi connectivity index (χ0n) is 6.17. The second kappa shape index (κ2) is 3.37. The molecule has 0 aromatic heterocycles. The van der Waals surface area contributed by atoms with E-state index in [-0.39, 0.29) is 5.91 Å². The summed E-state index contributed by atoms with van der Waals surface area (Å²) in [5.74, 6) is -2.17. The van der Waals surface area contributed by atoms with Crippen molar-refractivity contribution in [3.63, 3.8) is 0 Å². The third-order valence-electron chi connectivity index (χ3n) is 1.83. The van der Waals surface area contributed by atoms with Crippen LogP contribution in [-0.4, -0.2) is 23.5 Å². The van der Waals surface area contributed by atoms with E-state index in [2.05, 4.69) is 5.32 Å². The van der Waals surface area contributed by atoms with Crippen molar-refractivity contribution in [3.8, 4) is 0 Å². The zero-order chi connectivity index (χ0) is 8.27. The summed E-state index contributed by atoms with van der Waals surface area (Å²) < 4.78 is 0. The summed E-state index contributed by atoms with van der Waals surface area (Å²) in [5.41, 5.74) is 0. The van der Waals surface area contributed by atoms with Gasteiger partial charge in [-0.25, -0.2) is 0 Å². The van der Waals surface area contributed by atoms with Gasteiger partial charge in [0.05, 0.1) is 0 Å². The molecule has 62 valence electrons. The van der Waals surface area contributed by atoms with Crippen LogP contribution in [0, 0.1) is 5.92 Å². The van der Waals surface area contributed by atoms with Crippen LogP contribution in [0.1, 0.15) is 19.3 Å². The first-order chi connectivity index (χ1) is 5.22. The first kappa shape index (κ1) is 8.04. The van der Waals surface area contributed by atoms with Crippen LogP contribution < -0.4 is 5.32 Å². The smallest absolute Gasteiger partial charge is 0.316 e. The fourth-order valence-corrected chi connectivity index (χ4v) is 1.17. The predicted molar refractivity (Wildman–Crippen MR) is 38.0 cm³/mol. The summed E-state index contributed by atoms with van der Waals surface area (Å²) in [6.07, 6.45) is 2.17. The van der Waals surface area contributed by atoms with E-state index in [1.807, 2.05) is 0 Å². The fraction of sp³-hybridized carbons (Fsp3) is 0.714. The molecule has 1 rings (SSSR count). The number of rotatable bonds is 1. The summed E-state index contributed by atoms with van der Waals surface area (Å²) >= 11 is 0. The molecule has 0 radical (unpaired) electrons. The van der Waals surface area contributed by atoms with Crippen molar-refractivity contribution in [2.45, 2.75) is 19.3 Å². The van der Waals surface area contributed by atoms with Crippen molar-refractivity contribution >= 4 is 11.9 Å². The van der Waals surface area contributed by atoms with Gasteiger partial charge in [-0.2, -0.15) is 0 Å². The minimum Gasteiger partial charge on any atom is -0.481 e. The normalized spacial score (nSPS) is 25.5. The Kier molecular flexibility index (Phi) is 2.46. The minimum atomic E-state index is -1.01. The molecule has 1 heterocycles. The van der Waals surface area contributed by atoms with Crippen LogP contribution in [0.15, 0.2) is 0 Å². The Morgan fingerprint density at radius 2 is 2.27 bits per heavy atom. The molecule has 0 aromatic rings. The number of amides is 1. The molecule has 0 bridgehead atoms. The maximum absolute atomic E-state index is 11.0. The molecule has 4 nitrogen and oxygen atoms in total. The standard InChI is InChI=1S/C7H11NO3/c9-6-5(7(10)11)3-1-2-4-8-6/h5H,1-4H2,(H,8,9)(H,10,11)/t5-/m0/s1. The summed E-state index contributed by atoms with van der Waals surface area (Å²) in [4.78, 5) is 21.4. The fourth-order valence-electron chi connectivity index (χ4n) is 1.17. The molecule has 0 aromatic carbocycles. The van der Waals surface area contributed by atoms with Gasteiger partial charge in [0.15, 0.2) is 0 Å². The van der Waals surface area contributed by atoms with Crippen LogP contribution in [0.4, 0.5) is 0 Å². The quantitative estimate of drug-likeness (QED) is 0.526. The largest absolute Gasteiger partial charge is 0.481 e. The van der Waals surface area contributed by atoms with Crippen molar-refractivity contribution in [1.29, 1.82) is 0 Å². The predicted octanol–water partition coefficient (Wildman–Crippen LogP) is -0.0127. The van der Waals surface area contributed by atoms with Gasteiger partial charge in [-0.1, -0.05) is 6.42 Å². The van der Waals surface area contributed by atoms with Crippen LogP contribution in [0.3, 0.4) is 0 Å². The van der Waals surface area contributed by atoms with Crippen LogP contribution in [-0.2, 0) is 9.59 Å². The van der Waals surface area contributed by atoms with Gasteiger partial charge in [0.25, 0.3) is 0 Å². The molecule has 1 saturated heterocycles. The molecule has 0 unspecified atom stereocenters. The van der Waals surface area contributed by atoms with Crippen LogP contribution in [0.2, 0.25) is 0 Å². The average molecular weight is 157 g/mol. The van der Waals surface area contributed by atoms with E-state index in [9.17, 15) is 9.59 Å². The molecular formula is C7H11NO3. The lowest BCUT2D eigenvalue weighted by atomic mass is 10.0. The Hall–Kier alpha value is -1.06. The summed E-state index contributed by atoms with van der Waals surface area (Å²) in [7, 11) is 0. The van der Waals surface area contributed by atoms with E-state index in [0.717, 1.165) is 12.8 Å². The number of aliphatic carboxylic acids is 1. The Morgan fingerprint density at radius 1 is 1.55 bits per heavy atom. The third-order valence-corrected chi connectivity index (χ3v) is 1.83. The van der Waals surface area contributed by atoms with Gasteiger partial charge in [0.1, 0.15) is 5.92 Å². The van der Waals surface area contributed by atoms with Gasteiger partial charge in [-0.05, 0) is 12.8 Å². The van der Waals surface area contributed by atoms with Crippen LogP contribution >= 0.6 is 0 Å². The van der Waals surface area contributed by atoms with Gasteiger partial charge >= 0.3 is 5.97 Å². The number of carboxylic acids is 1.